The Kier molecular flexibility index (Phi) is 5.91. The predicted molar refractivity (Wildman–Crippen MR) is 79.6 cm³/mol. The Morgan fingerprint density at radius 2 is 1.56 bits per heavy atom. The molecular weight excluding hydrogens is 219 g/mol. The minimum Gasteiger partial charge on any atom is -0.565 e. The summed E-state index contributed by atoms with van der Waals surface area (Å²) in [6, 6.07) is 0. The third kappa shape index (κ3) is 4.99. The second kappa shape index (κ2) is 8.02. The zero-order chi connectivity index (χ0) is 12.5. The Labute approximate surface area is 112 Å². The molecule has 0 saturated heterocycles. The first-order chi connectivity index (χ1) is 8.95. The fourth-order valence-electron chi connectivity index (χ4n) is 2.47. The van der Waals surface area contributed by atoms with E-state index in [1.165, 1.54) is 62.5 Å². The summed E-state index contributed by atoms with van der Waals surface area (Å²) >= 11 is 0. The van der Waals surface area contributed by atoms with Crippen molar-refractivity contribution >= 4 is 7.48 Å². The molecule has 0 unspecified atom stereocenters. The monoisotopic (exact) mass is 242 g/mol. The van der Waals surface area contributed by atoms with Crippen molar-refractivity contribution in [3.8, 4) is 0 Å². The van der Waals surface area contributed by atoms with Crippen LogP contribution in [0.5, 0.6) is 0 Å². The van der Waals surface area contributed by atoms with Crippen molar-refractivity contribution < 1.29 is 4.65 Å². The van der Waals surface area contributed by atoms with Gasteiger partial charge in [0.1, 0.15) is 0 Å². The Morgan fingerprint density at radius 1 is 0.889 bits per heavy atom. The zero-order valence-electron chi connectivity index (χ0n) is 11.2. The maximum Gasteiger partial charge on any atom is 0.365 e. The van der Waals surface area contributed by atoms with Crippen LogP contribution in [-0.2, 0) is 4.65 Å². The van der Waals surface area contributed by atoms with Crippen LogP contribution in [0.15, 0.2) is 47.7 Å². The number of allylic oxidation sites excluding steroid dienone is 6. The summed E-state index contributed by atoms with van der Waals surface area (Å²) < 4.78 is 5.49. The Bertz CT molecular complexity index is 327. The topological polar surface area (TPSA) is 9.23 Å². The quantitative estimate of drug-likeness (QED) is 0.395. The molecule has 96 valence electrons. The van der Waals surface area contributed by atoms with E-state index in [1.807, 2.05) is 6.26 Å². The van der Waals surface area contributed by atoms with Crippen molar-refractivity contribution in [2.24, 2.45) is 0 Å². The van der Waals surface area contributed by atoms with Gasteiger partial charge >= 0.3 is 7.48 Å². The summed E-state index contributed by atoms with van der Waals surface area (Å²) in [5, 5.41) is 0. The van der Waals surface area contributed by atoms with E-state index in [-0.39, 0.29) is 0 Å². The van der Waals surface area contributed by atoms with Crippen LogP contribution in [0, 0.1) is 0 Å². The first-order valence-electron chi connectivity index (χ1n) is 7.28. The summed E-state index contributed by atoms with van der Waals surface area (Å²) in [7, 11) is 0.682. The van der Waals surface area contributed by atoms with Crippen LogP contribution >= 0.6 is 0 Å². The van der Waals surface area contributed by atoms with E-state index in [4.69, 9.17) is 4.65 Å². The highest BCUT2D eigenvalue weighted by molar-refractivity contribution is 6.34. The lowest BCUT2D eigenvalue weighted by Crippen LogP contribution is -1.92. The standard InChI is InChI=1S/C16H23BO/c1-3-7-15(8-4-1)11-13-17-18-14-12-16-9-5-2-6-10-16/h7,9,11-14,17H,1-6,8,10H2. The van der Waals surface area contributed by atoms with E-state index in [1.54, 1.807) is 0 Å². The maximum atomic E-state index is 5.49. The van der Waals surface area contributed by atoms with Crippen molar-refractivity contribution in [1.82, 2.24) is 0 Å². The highest BCUT2D eigenvalue weighted by atomic mass is 16.4. The third-order valence-corrected chi connectivity index (χ3v) is 3.55. The smallest absolute Gasteiger partial charge is 0.365 e. The molecule has 2 aliphatic rings. The van der Waals surface area contributed by atoms with Crippen molar-refractivity contribution in [2.45, 2.75) is 51.4 Å². The molecule has 2 heteroatoms. The lowest BCUT2D eigenvalue weighted by Gasteiger charge is -2.08. The van der Waals surface area contributed by atoms with Gasteiger partial charge in [-0.05, 0) is 63.0 Å². The highest BCUT2D eigenvalue weighted by Crippen LogP contribution is 2.18. The zero-order valence-corrected chi connectivity index (χ0v) is 11.2. The van der Waals surface area contributed by atoms with Crippen LogP contribution in [-0.4, -0.2) is 7.48 Å². The fourth-order valence-corrected chi connectivity index (χ4v) is 2.47. The summed E-state index contributed by atoms with van der Waals surface area (Å²) in [6.07, 6.45) is 21.1. The maximum absolute atomic E-state index is 5.49. The number of hydrogen-bond donors (Lipinski definition) is 0. The van der Waals surface area contributed by atoms with Crippen molar-refractivity contribution in [3.63, 3.8) is 0 Å². The number of hydrogen-bond acceptors (Lipinski definition) is 1. The van der Waals surface area contributed by atoms with Gasteiger partial charge in [-0.15, -0.1) is 0 Å². The van der Waals surface area contributed by atoms with E-state index >= 15 is 0 Å². The SMILES string of the molecule is B(C=CC1=CCCCC1)OC=CC1=CCCCC1. The van der Waals surface area contributed by atoms with E-state index in [0.29, 0.717) is 7.48 Å². The van der Waals surface area contributed by atoms with E-state index < -0.39 is 0 Å². The molecule has 18 heavy (non-hydrogen) atoms. The molecule has 0 radical (unpaired) electrons. The van der Waals surface area contributed by atoms with Crippen LogP contribution in [0.4, 0.5) is 0 Å². The van der Waals surface area contributed by atoms with Gasteiger partial charge < -0.3 is 4.65 Å². The van der Waals surface area contributed by atoms with Crippen molar-refractivity contribution in [2.75, 3.05) is 0 Å². The minimum absolute atomic E-state index is 0.682. The summed E-state index contributed by atoms with van der Waals surface area (Å²) in [5.41, 5.74) is 2.91. The van der Waals surface area contributed by atoms with Gasteiger partial charge in [0.05, 0.1) is 6.26 Å². The van der Waals surface area contributed by atoms with Gasteiger partial charge in [-0.2, -0.15) is 0 Å². The summed E-state index contributed by atoms with van der Waals surface area (Å²) in [5.74, 6) is 2.12. The van der Waals surface area contributed by atoms with Crippen LogP contribution in [0.3, 0.4) is 0 Å². The molecule has 0 atom stereocenters. The molecule has 1 nitrogen and oxygen atoms in total. The molecule has 0 aliphatic heterocycles. The van der Waals surface area contributed by atoms with Crippen LogP contribution < -0.4 is 0 Å². The molecule has 0 amide bonds. The molecule has 0 spiro atoms. The Morgan fingerprint density at radius 3 is 2.17 bits per heavy atom. The van der Waals surface area contributed by atoms with E-state index in [2.05, 4.69) is 30.3 Å². The highest BCUT2D eigenvalue weighted by Gasteiger charge is 2.00. The second-order valence-electron chi connectivity index (χ2n) is 5.09. The minimum atomic E-state index is 0.682. The molecule has 0 aromatic rings. The Hall–Kier alpha value is -1.18. The molecule has 0 N–H and O–H groups in total. The average Bonchev–Trinajstić information content (AvgIpc) is 2.45. The molecule has 2 aliphatic carbocycles. The molecule has 0 saturated carbocycles. The lowest BCUT2D eigenvalue weighted by atomic mass is 9.94. The van der Waals surface area contributed by atoms with Gasteiger partial charge in [-0.1, -0.05) is 29.8 Å². The van der Waals surface area contributed by atoms with E-state index in [9.17, 15) is 0 Å². The van der Waals surface area contributed by atoms with Gasteiger partial charge in [0, 0.05) is 0 Å². The number of rotatable bonds is 5. The van der Waals surface area contributed by atoms with Crippen molar-refractivity contribution in [1.29, 1.82) is 0 Å². The fraction of sp³-hybridized carbons (Fsp3) is 0.500. The van der Waals surface area contributed by atoms with Gasteiger partial charge in [-0.3, -0.25) is 0 Å². The predicted octanol–water partition coefficient (Wildman–Crippen LogP) is 4.38. The third-order valence-electron chi connectivity index (χ3n) is 3.55. The van der Waals surface area contributed by atoms with Gasteiger partial charge in [0.15, 0.2) is 0 Å². The summed E-state index contributed by atoms with van der Waals surface area (Å²) in [6.45, 7) is 0. The molecular formula is C16H23BO. The molecule has 0 aromatic heterocycles. The van der Waals surface area contributed by atoms with E-state index in [0.717, 1.165) is 0 Å². The summed E-state index contributed by atoms with van der Waals surface area (Å²) in [4.78, 5) is 0. The molecule has 0 aromatic carbocycles. The normalized spacial score (nSPS) is 20.9. The molecule has 0 bridgehead atoms. The molecule has 2 rings (SSSR count). The molecule has 0 fully saturated rings. The lowest BCUT2D eigenvalue weighted by molar-refractivity contribution is 0.521. The molecule has 0 heterocycles. The average molecular weight is 242 g/mol. The van der Waals surface area contributed by atoms with Crippen molar-refractivity contribution in [3.05, 3.63) is 47.7 Å². The van der Waals surface area contributed by atoms with Gasteiger partial charge in [0.25, 0.3) is 0 Å². The van der Waals surface area contributed by atoms with Gasteiger partial charge in [-0.25, -0.2) is 0 Å². The van der Waals surface area contributed by atoms with Crippen LogP contribution in [0.2, 0.25) is 0 Å². The van der Waals surface area contributed by atoms with Gasteiger partial charge in [0.2, 0.25) is 0 Å². The first kappa shape index (κ1) is 13.3. The largest absolute Gasteiger partial charge is 0.565 e. The van der Waals surface area contributed by atoms with Crippen LogP contribution in [0.25, 0.3) is 0 Å². The second-order valence-corrected chi connectivity index (χ2v) is 5.09. The van der Waals surface area contributed by atoms with Crippen LogP contribution in [0.1, 0.15) is 51.4 Å². The Balaban J connectivity index is 1.63. The first-order valence-corrected chi connectivity index (χ1v) is 7.28.